The molecule has 26 heavy (non-hydrogen) atoms. The number of rotatable bonds is 5. The number of hydrogen-bond acceptors (Lipinski definition) is 5. The third-order valence-corrected chi connectivity index (χ3v) is 4.52. The van der Waals surface area contributed by atoms with Crippen LogP contribution in [0.2, 0.25) is 0 Å². The zero-order valence-corrected chi connectivity index (χ0v) is 14.4. The standard InChI is InChI=1S/C20H20N4O2/c21-7-1-2-20-23-16-10-18-19(26-9-8-25-18)11-17(16)24(20)13-15-5-3-14(12-22)4-6-15/h3-6,10-11H,1-2,7-9,13,21H2. The third-order valence-electron chi connectivity index (χ3n) is 4.52. The average molecular weight is 348 g/mol. The number of fused-ring (bicyclic) bond motifs is 2. The predicted molar refractivity (Wildman–Crippen MR) is 98.4 cm³/mol. The minimum atomic E-state index is 0.558. The van der Waals surface area contributed by atoms with Gasteiger partial charge in [-0.15, -0.1) is 0 Å². The fourth-order valence-corrected chi connectivity index (χ4v) is 3.21. The summed E-state index contributed by atoms with van der Waals surface area (Å²) in [4.78, 5) is 4.81. The SMILES string of the molecule is N#Cc1ccc(Cn2c(CCCN)nc3cc4c(cc32)OCCO4)cc1. The van der Waals surface area contributed by atoms with E-state index in [-0.39, 0.29) is 0 Å². The van der Waals surface area contributed by atoms with Crippen molar-refractivity contribution in [2.45, 2.75) is 19.4 Å². The number of nitriles is 1. The maximum Gasteiger partial charge on any atom is 0.163 e. The fourth-order valence-electron chi connectivity index (χ4n) is 3.21. The van der Waals surface area contributed by atoms with Gasteiger partial charge in [0.1, 0.15) is 19.0 Å². The van der Waals surface area contributed by atoms with Gasteiger partial charge >= 0.3 is 0 Å². The Labute approximate surface area is 151 Å². The van der Waals surface area contributed by atoms with E-state index in [4.69, 9.17) is 25.5 Å². The molecule has 6 heteroatoms. The van der Waals surface area contributed by atoms with Crippen molar-refractivity contribution in [2.24, 2.45) is 5.73 Å². The van der Waals surface area contributed by atoms with Crippen LogP contribution < -0.4 is 15.2 Å². The number of benzene rings is 2. The number of imidazole rings is 1. The molecule has 0 radical (unpaired) electrons. The molecule has 0 aliphatic carbocycles. The van der Waals surface area contributed by atoms with Crippen LogP contribution in [0.15, 0.2) is 36.4 Å². The summed E-state index contributed by atoms with van der Waals surface area (Å²) < 4.78 is 13.6. The second-order valence-electron chi connectivity index (χ2n) is 6.30. The summed E-state index contributed by atoms with van der Waals surface area (Å²) in [6.45, 7) is 2.43. The third kappa shape index (κ3) is 3.09. The van der Waals surface area contributed by atoms with Crippen LogP contribution in [0.25, 0.3) is 11.0 Å². The van der Waals surface area contributed by atoms with Gasteiger partial charge in [0.15, 0.2) is 11.5 Å². The van der Waals surface area contributed by atoms with Gasteiger partial charge in [0.25, 0.3) is 0 Å². The van der Waals surface area contributed by atoms with Crippen molar-refractivity contribution in [2.75, 3.05) is 19.8 Å². The maximum absolute atomic E-state index is 8.98. The Bertz CT molecular complexity index is 970. The van der Waals surface area contributed by atoms with Crippen molar-refractivity contribution in [3.8, 4) is 17.6 Å². The van der Waals surface area contributed by atoms with Gasteiger partial charge in [-0.05, 0) is 30.7 Å². The second kappa shape index (κ2) is 7.06. The highest BCUT2D eigenvalue weighted by Crippen LogP contribution is 2.35. The van der Waals surface area contributed by atoms with Gasteiger partial charge in [0.2, 0.25) is 0 Å². The van der Waals surface area contributed by atoms with Crippen molar-refractivity contribution >= 4 is 11.0 Å². The van der Waals surface area contributed by atoms with E-state index in [9.17, 15) is 0 Å². The molecule has 0 spiro atoms. The summed E-state index contributed by atoms with van der Waals surface area (Å²) in [5, 5.41) is 8.98. The molecule has 0 amide bonds. The van der Waals surface area contributed by atoms with Gasteiger partial charge in [0.05, 0.1) is 22.7 Å². The summed E-state index contributed by atoms with van der Waals surface area (Å²) >= 11 is 0. The number of aryl methyl sites for hydroxylation is 1. The fraction of sp³-hybridized carbons (Fsp3) is 0.300. The number of aromatic nitrogens is 2. The minimum Gasteiger partial charge on any atom is -0.486 e. The molecule has 0 fully saturated rings. The predicted octanol–water partition coefficient (Wildman–Crippen LogP) is 2.62. The summed E-state index contributed by atoms with van der Waals surface area (Å²) in [5.41, 5.74) is 9.39. The summed E-state index contributed by atoms with van der Waals surface area (Å²) in [6.07, 6.45) is 1.69. The smallest absolute Gasteiger partial charge is 0.163 e. The first-order valence-electron chi connectivity index (χ1n) is 8.76. The lowest BCUT2D eigenvalue weighted by Crippen LogP contribution is -2.15. The molecule has 1 aromatic heterocycles. The molecule has 0 saturated heterocycles. The highest BCUT2D eigenvalue weighted by atomic mass is 16.6. The monoisotopic (exact) mass is 348 g/mol. The molecule has 2 aromatic carbocycles. The maximum atomic E-state index is 8.98. The Hall–Kier alpha value is -3.04. The molecule has 132 valence electrons. The Morgan fingerprint density at radius 3 is 2.54 bits per heavy atom. The van der Waals surface area contributed by atoms with E-state index in [1.54, 1.807) is 0 Å². The summed E-state index contributed by atoms with van der Waals surface area (Å²) in [5.74, 6) is 2.50. The molecule has 0 bridgehead atoms. The van der Waals surface area contributed by atoms with E-state index < -0.39 is 0 Å². The molecule has 2 heterocycles. The number of hydrogen-bond donors (Lipinski definition) is 1. The molecule has 2 N–H and O–H groups in total. The summed E-state index contributed by atoms with van der Waals surface area (Å²) in [7, 11) is 0. The van der Waals surface area contributed by atoms with E-state index in [1.807, 2.05) is 36.4 Å². The van der Waals surface area contributed by atoms with Crippen LogP contribution in [-0.4, -0.2) is 29.3 Å². The zero-order valence-electron chi connectivity index (χ0n) is 14.4. The van der Waals surface area contributed by atoms with E-state index in [2.05, 4.69) is 10.6 Å². The zero-order chi connectivity index (χ0) is 17.9. The molecular weight excluding hydrogens is 328 g/mol. The average Bonchev–Trinajstić information content (AvgIpc) is 3.01. The Morgan fingerprint density at radius 2 is 1.85 bits per heavy atom. The molecule has 4 rings (SSSR count). The molecule has 3 aromatic rings. The lowest BCUT2D eigenvalue weighted by Gasteiger charge is -2.18. The Balaban J connectivity index is 1.77. The van der Waals surface area contributed by atoms with Crippen LogP contribution >= 0.6 is 0 Å². The highest BCUT2D eigenvalue weighted by molar-refractivity contribution is 5.81. The topological polar surface area (TPSA) is 86.1 Å². The molecule has 0 atom stereocenters. The lowest BCUT2D eigenvalue weighted by atomic mass is 10.1. The van der Waals surface area contributed by atoms with Crippen molar-refractivity contribution in [3.63, 3.8) is 0 Å². The van der Waals surface area contributed by atoms with Gasteiger partial charge in [0, 0.05) is 25.1 Å². The summed E-state index contributed by atoms with van der Waals surface area (Å²) in [6, 6.07) is 13.8. The molecular formula is C20H20N4O2. The first kappa shape index (κ1) is 16.4. The first-order valence-corrected chi connectivity index (χ1v) is 8.76. The van der Waals surface area contributed by atoms with Crippen LogP contribution in [0.3, 0.4) is 0 Å². The molecule has 1 aliphatic rings. The second-order valence-corrected chi connectivity index (χ2v) is 6.30. The van der Waals surface area contributed by atoms with Crippen molar-refractivity contribution in [3.05, 3.63) is 53.3 Å². The van der Waals surface area contributed by atoms with Crippen molar-refractivity contribution in [1.29, 1.82) is 5.26 Å². The minimum absolute atomic E-state index is 0.558. The normalized spacial score (nSPS) is 12.9. The molecule has 6 nitrogen and oxygen atoms in total. The number of nitrogens with zero attached hydrogens (tertiary/aromatic N) is 3. The van der Waals surface area contributed by atoms with Gasteiger partial charge in [-0.3, -0.25) is 0 Å². The van der Waals surface area contributed by atoms with Crippen molar-refractivity contribution < 1.29 is 9.47 Å². The van der Waals surface area contributed by atoms with Gasteiger partial charge in [-0.25, -0.2) is 4.98 Å². The molecule has 0 unspecified atom stereocenters. The quantitative estimate of drug-likeness (QED) is 0.766. The van der Waals surface area contributed by atoms with Crippen LogP contribution in [0.5, 0.6) is 11.5 Å². The van der Waals surface area contributed by atoms with Crippen LogP contribution in [0, 0.1) is 11.3 Å². The van der Waals surface area contributed by atoms with E-state index in [0.717, 1.165) is 46.8 Å². The van der Waals surface area contributed by atoms with Crippen LogP contribution in [0.1, 0.15) is 23.4 Å². The largest absolute Gasteiger partial charge is 0.486 e. The van der Waals surface area contributed by atoms with Crippen molar-refractivity contribution in [1.82, 2.24) is 9.55 Å². The highest BCUT2D eigenvalue weighted by Gasteiger charge is 2.18. The van der Waals surface area contributed by atoms with E-state index >= 15 is 0 Å². The van der Waals surface area contributed by atoms with E-state index in [0.29, 0.717) is 31.9 Å². The lowest BCUT2D eigenvalue weighted by molar-refractivity contribution is 0.172. The Kier molecular flexibility index (Phi) is 4.46. The van der Waals surface area contributed by atoms with Crippen LogP contribution in [0.4, 0.5) is 0 Å². The first-order chi connectivity index (χ1) is 12.8. The van der Waals surface area contributed by atoms with E-state index in [1.165, 1.54) is 0 Å². The number of nitrogens with two attached hydrogens (primary N) is 1. The Morgan fingerprint density at radius 1 is 1.12 bits per heavy atom. The molecule has 1 aliphatic heterocycles. The van der Waals surface area contributed by atoms with Crippen LogP contribution in [-0.2, 0) is 13.0 Å². The van der Waals surface area contributed by atoms with Gasteiger partial charge in [-0.1, -0.05) is 12.1 Å². The number of ether oxygens (including phenoxy) is 2. The van der Waals surface area contributed by atoms with Gasteiger partial charge in [-0.2, -0.15) is 5.26 Å². The van der Waals surface area contributed by atoms with Gasteiger partial charge < -0.3 is 19.8 Å². The molecule has 0 saturated carbocycles.